The molecule has 0 atom stereocenters. The number of benzene rings is 2. The molecule has 7 nitrogen and oxygen atoms in total. The minimum atomic E-state index is -0.812. The summed E-state index contributed by atoms with van der Waals surface area (Å²) in [6.45, 7) is 0. The van der Waals surface area contributed by atoms with Gasteiger partial charge in [-0.3, -0.25) is 14.9 Å². The smallest absolute Gasteiger partial charge is 0.266 e. The third-order valence-electron chi connectivity index (χ3n) is 2.94. The minimum absolute atomic E-state index is 0.210. The number of rotatable bonds is 4. The highest BCUT2D eigenvalue weighted by atomic mass is 79.9. The summed E-state index contributed by atoms with van der Waals surface area (Å²) in [5.41, 5.74) is -0.171. The van der Waals surface area contributed by atoms with Crippen molar-refractivity contribution in [3.05, 3.63) is 68.2 Å². The molecule has 0 saturated carbocycles. The molecule has 24 heavy (non-hydrogen) atoms. The summed E-state index contributed by atoms with van der Waals surface area (Å²) in [4.78, 5) is 22.1. The molecule has 0 radical (unpaired) electrons. The number of hydrogen-bond acceptors (Lipinski definition) is 5. The Morgan fingerprint density at radius 2 is 2.04 bits per heavy atom. The molecule has 0 saturated heterocycles. The molecule has 0 aliphatic carbocycles. The van der Waals surface area contributed by atoms with Crippen LogP contribution in [0.15, 0.2) is 52.5 Å². The Kier molecular flexibility index (Phi) is 5.29. The third-order valence-corrected chi connectivity index (χ3v) is 3.43. The van der Waals surface area contributed by atoms with E-state index in [9.17, 15) is 20.0 Å². The summed E-state index contributed by atoms with van der Waals surface area (Å²) < 4.78 is 0.754. The molecule has 2 aromatic rings. The lowest BCUT2D eigenvalue weighted by Crippen LogP contribution is -2.13. The van der Waals surface area contributed by atoms with E-state index in [4.69, 9.17) is 5.26 Å². The van der Waals surface area contributed by atoms with Gasteiger partial charge in [-0.15, -0.1) is 0 Å². The minimum Gasteiger partial charge on any atom is -0.868 e. The lowest BCUT2D eigenvalue weighted by Gasteiger charge is -2.07. The van der Waals surface area contributed by atoms with E-state index in [1.807, 2.05) is 0 Å². The molecule has 0 aromatic heterocycles. The molecule has 2 aromatic carbocycles. The summed E-state index contributed by atoms with van der Waals surface area (Å²) in [7, 11) is 0. The molecule has 2 rings (SSSR count). The van der Waals surface area contributed by atoms with E-state index in [2.05, 4.69) is 21.2 Å². The van der Waals surface area contributed by atoms with Crippen LogP contribution in [-0.2, 0) is 4.79 Å². The zero-order valence-corrected chi connectivity index (χ0v) is 13.6. The summed E-state index contributed by atoms with van der Waals surface area (Å²) in [5, 5.41) is 33.8. The Hall–Kier alpha value is -3.18. The van der Waals surface area contributed by atoms with Crippen LogP contribution >= 0.6 is 15.9 Å². The number of halogens is 1. The fraction of sp³-hybridized carbons (Fsp3) is 0. The molecule has 120 valence electrons. The first-order chi connectivity index (χ1) is 11.4. The van der Waals surface area contributed by atoms with Crippen LogP contribution in [0, 0.1) is 21.4 Å². The van der Waals surface area contributed by atoms with E-state index in [-0.39, 0.29) is 11.1 Å². The van der Waals surface area contributed by atoms with E-state index in [1.54, 1.807) is 30.3 Å². The standard InChI is InChI=1S/C16H10BrN3O4/c17-12-2-1-3-13(8-12)19-16(22)11(9-18)6-10-4-5-15(21)14(7-10)20(23)24/h1-8,21H,(H,19,22)/p-1/b11-6+. The van der Waals surface area contributed by atoms with Gasteiger partial charge in [0, 0.05) is 16.2 Å². The second-order valence-corrected chi connectivity index (χ2v) is 5.53. The highest BCUT2D eigenvalue weighted by molar-refractivity contribution is 9.10. The number of nitrogens with one attached hydrogen (secondary N) is 1. The van der Waals surface area contributed by atoms with Gasteiger partial charge in [-0.1, -0.05) is 34.1 Å². The van der Waals surface area contributed by atoms with Crippen LogP contribution in [0.5, 0.6) is 5.75 Å². The van der Waals surface area contributed by atoms with Crippen LogP contribution in [0.1, 0.15) is 5.56 Å². The lowest BCUT2D eigenvalue weighted by molar-refractivity contribution is -0.398. The van der Waals surface area contributed by atoms with Gasteiger partial charge in [0.25, 0.3) is 11.6 Å². The molecule has 0 unspecified atom stereocenters. The fourth-order valence-corrected chi connectivity index (χ4v) is 2.25. The number of carbonyl (C=O) groups excluding carboxylic acids is 1. The summed E-state index contributed by atoms with van der Waals surface area (Å²) >= 11 is 3.26. The van der Waals surface area contributed by atoms with Gasteiger partial charge >= 0.3 is 0 Å². The van der Waals surface area contributed by atoms with Crippen molar-refractivity contribution in [2.24, 2.45) is 0 Å². The van der Waals surface area contributed by atoms with Crippen molar-refractivity contribution in [2.45, 2.75) is 0 Å². The largest absolute Gasteiger partial charge is 0.868 e. The Balaban J connectivity index is 2.29. The zero-order valence-electron chi connectivity index (χ0n) is 12.0. The summed E-state index contributed by atoms with van der Waals surface area (Å²) in [6.07, 6.45) is 1.18. The highest BCUT2D eigenvalue weighted by Gasteiger charge is 2.12. The van der Waals surface area contributed by atoms with Crippen molar-refractivity contribution < 1.29 is 14.8 Å². The van der Waals surface area contributed by atoms with Crippen LogP contribution in [0.4, 0.5) is 11.4 Å². The average molecular weight is 387 g/mol. The summed E-state index contributed by atoms with van der Waals surface area (Å²) in [6, 6.07) is 11.9. The fourth-order valence-electron chi connectivity index (χ4n) is 1.85. The molecule has 0 bridgehead atoms. The first-order valence-corrected chi connectivity index (χ1v) is 7.34. The van der Waals surface area contributed by atoms with Gasteiger partial charge in [0.15, 0.2) is 0 Å². The molecule has 0 heterocycles. The summed E-state index contributed by atoms with van der Waals surface area (Å²) in [5.74, 6) is -1.40. The number of nitro benzene ring substituents is 1. The molecule has 0 aliphatic rings. The molecule has 1 N–H and O–H groups in total. The number of hydrogen-bond donors (Lipinski definition) is 1. The normalized spacial score (nSPS) is 10.8. The van der Waals surface area contributed by atoms with Crippen LogP contribution in [-0.4, -0.2) is 10.8 Å². The molecule has 0 spiro atoms. The van der Waals surface area contributed by atoms with Crippen LogP contribution < -0.4 is 10.4 Å². The second-order valence-electron chi connectivity index (χ2n) is 4.62. The average Bonchev–Trinajstić information content (AvgIpc) is 2.53. The van der Waals surface area contributed by atoms with E-state index < -0.39 is 22.3 Å². The molecule has 0 aliphatic heterocycles. The molecule has 1 amide bonds. The number of nitro groups is 1. The van der Waals surface area contributed by atoms with Crippen molar-refractivity contribution in [1.82, 2.24) is 0 Å². The van der Waals surface area contributed by atoms with Crippen molar-refractivity contribution in [3.8, 4) is 11.8 Å². The van der Waals surface area contributed by atoms with Gasteiger partial charge in [-0.05, 0) is 35.6 Å². The van der Waals surface area contributed by atoms with Crippen molar-refractivity contribution in [2.75, 3.05) is 5.32 Å². The van der Waals surface area contributed by atoms with Gasteiger partial charge in [-0.2, -0.15) is 5.26 Å². The van der Waals surface area contributed by atoms with E-state index in [1.165, 1.54) is 12.1 Å². The molecule has 8 heteroatoms. The quantitative estimate of drug-likeness (QED) is 0.374. The van der Waals surface area contributed by atoms with Crippen LogP contribution in [0.25, 0.3) is 6.08 Å². The number of nitrogens with zero attached hydrogens (tertiary/aromatic N) is 2. The SMILES string of the molecule is N#C/C(=C\c1ccc([O-])c([N+](=O)[O-])c1)C(=O)Nc1cccc(Br)c1. The Labute approximate surface area is 145 Å². The molecular weight excluding hydrogens is 378 g/mol. The first kappa shape index (κ1) is 17.2. The zero-order chi connectivity index (χ0) is 17.7. The third kappa shape index (κ3) is 4.18. The van der Waals surface area contributed by atoms with Crippen LogP contribution in [0.2, 0.25) is 0 Å². The van der Waals surface area contributed by atoms with Gasteiger partial charge in [0.2, 0.25) is 0 Å². The predicted molar refractivity (Wildman–Crippen MR) is 88.9 cm³/mol. The Bertz CT molecular complexity index is 887. The van der Waals surface area contributed by atoms with Gasteiger partial charge < -0.3 is 10.4 Å². The van der Waals surface area contributed by atoms with Crippen molar-refractivity contribution >= 4 is 39.3 Å². The molecular formula is C16H9BrN3O4-. The van der Waals surface area contributed by atoms with Gasteiger partial charge in [-0.25, -0.2) is 0 Å². The predicted octanol–water partition coefficient (Wildman–Crippen LogP) is 2.98. The van der Waals surface area contributed by atoms with E-state index in [0.29, 0.717) is 5.69 Å². The highest BCUT2D eigenvalue weighted by Crippen LogP contribution is 2.25. The Morgan fingerprint density at radius 3 is 2.67 bits per heavy atom. The van der Waals surface area contributed by atoms with Gasteiger partial charge in [0.1, 0.15) is 11.6 Å². The number of nitriles is 1. The van der Waals surface area contributed by atoms with Gasteiger partial charge in [0.05, 0.1) is 4.92 Å². The topological polar surface area (TPSA) is 119 Å². The monoisotopic (exact) mass is 386 g/mol. The molecule has 0 fully saturated rings. The first-order valence-electron chi connectivity index (χ1n) is 6.55. The van der Waals surface area contributed by atoms with Crippen molar-refractivity contribution in [1.29, 1.82) is 5.26 Å². The van der Waals surface area contributed by atoms with Crippen LogP contribution in [0.3, 0.4) is 0 Å². The lowest BCUT2D eigenvalue weighted by atomic mass is 10.1. The van der Waals surface area contributed by atoms with Crippen molar-refractivity contribution in [3.63, 3.8) is 0 Å². The number of amides is 1. The maximum absolute atomic E-state index is 12.1. The van der Waals surface area contributed by atoms with E-state index in [0.717, 1.165) is 16.6 Å². The number of carbonyl (C=O) groups is 1. The Morgan fingerprint density at radius 1 is 1.29 bits per heavy atom. The second kappa shape index (κ2) is 7.39. The maximum Gasteiger partial charge on any atom is 0.266 e. The number of anilines is 1. The maximum atomic E-state index is 12.1. The van der Waals surface area contributed by atoms with E-state index >= 15 is 0 Å².